The molecule has 28 heavy (non-hydrogen) atoms. The number of benzene rings is 1. The monoisotopic (exact) mass is 378 g/mol. The average Bonchev–Trinajstić information content (AvgIpc) is 3.22. The van der Waals surface area contributed by atoms with E-state index in [-0.39, 0.29) is 17.6 Å². The van der Waals surface area contributed by atoms with Crippen LogP contribution in [-0.2, 0) is 11.3 Å². The molecule has 1 saturated heterocycles. The van der Waals surface area contributed by atoms with E-state index >= 15 is 0 Å². The summed E-state index contributed by atoms with van der Waals surface area (Å²) in [6, 6.07) is 13.4. The lowest BCUT2D eigenvalue weighted by atomic mass is 10.1. The summed E-state index contributed by atoms with van der Waals surface area (Å²) in [6.45, 7) is 2.72. The van der Waals surface area contributed by atoms with Gasteiger partial charge in [-0.2, -0.15) is 0 Å². The van der Waals surface area contributed by atoms with Crippen molar-refractivity contribution in [3.05, 3.63) is 75.5 Å². The van der Waals surface area contributed by atoms with E-state index in [4.69, 9.17) is 9.15 Å². The smallest absolute Gasteiger partial charge is 0.349 e. The van der Waals surface area contributed by atoms with Crippen LogP contribution in [-0.4, -0.2) is 29.4 Å². The zero-order chi connectivity index (χ0) is 19.7. The van der Waals surface area contributed by atoms with E-state index in [1.54, 1.807) is 20.0 Å². The van der Waals surface area contributed by atoms with Crippen molar-refractivity contribution in [2.75, 3.05) is 13.7 Å². The zero-order valence-corrected chi connectivity index (χ0v) is 16.0. The molecule has 1 aromatic carbocycles. The first-order chi connectivity index (χ1) is 13.5. The van der Waals surface area contributed by atoms with Crippen molar-refractivity contribution >= 4 is 16.8 Å². The van der Waals surface area contributed by atoms with Gasteiger partial charge >= 0.3 is 5.63 Å². The SMILES string of the molecule is Cc1cc(C2CCCO2)oc(=O)c1C(=O)N(C)Cc1ccc2ccccc2n1. The average molecular weight is 378 g/mol. The largest absolute Gasteiger partial charge is 0.424 e. The molecule has 3 heterocycles. The van der Waals surface area contributed by atoms with Crippen molar-refractivity contribution in [3.63, 3.8) is 0 Å². The molecule has 1 atom stereocenters. The van der Waals surface area contributed by atoms with Crippen LogP contribution in [0, 0.1) is 6.92 Å². The minimum atomic E-state index is -0.617. The van der Waals surface area contributed by atoms with Crippen molar-refractivity contribution < 1.29 is 13.9 Å². The fourth-order valence-corrected chi connectivity index (χ4v) is 3.55. The molecule has 1 fully saturated rings. The van der Waals surface area contributed by atoms with Gasteiger partial charge in [-0.05, 0) is 43.5 Å². The number of para-hydroxylation sites is 1. The van der Waals surface area contributed by atoms with E-state index in [0.29, 0.717) is 24.5 Å². The molecule has 0 saturated carbocycles. The number of hydrogen-bond donors (Lipinski definition) is 0. The van der Waals surface area contributed by atoms with Crippen LogP contribution in [0.25, 0.3) is 10.9 Å². The Hall–Kier alpha value is -2.99. The normalized spacial score (nSPS) is 16.4. The lowest BCUT2D eigenvalue weighted by Crippen LogP contribution is -2.31. The Morgan fingerprint density at radius 1 is 1.25 bits per heavy atom. The summed E-state index contributed by atoms with van der Waals surface area (Å²) in [5.41, 5.74) is 1.67. The molecule has 144 valence electrons. The van der Waals surface area contributed by atoms with Crippen LogP contribution < -0.4 is 5.63 Å². The second-order valence-electron chi connectivity index (χ2n) is 7.15. The lowest BCUT2D eigenvalue weighted by molar-refractivity contribution is 0.0766. The van der Waals surface area contributed by atoms with E-state index < -0.39 is 5.63 Å². The summed E-state index contributed by atoms with van der Waals surface area (Å²) in [6.07, 6.45) is 1.56. The van der Waals surface area contributed by atoms with E-state index in [1.165, 1.54) is 4.90 Å². The predicted molar refractivity (Wildman–Crippen MR) is 105 cm³/mol. The van der Waals surface area contributed by atoms with Crippen molar-refractivity contribution in [1.29, 1.82) is 0 Å². The number of pyridine rings is 1. The highest BCUT2D eigenvalue weighted by molar-refractivity contribution is 5.95. The van der Waals surface area contributed by atoms with Gasteiger partial charge in [0.05, 0.1) is 17.8 Å². The first kappa shape index (κ1) is 18.4. The standard InChI is InChI=1S/C22H22N2O4/c1-14-12-19(18-8-5-11-27-18)28-22(26)20(14)21(25)24(2)13-16-10-9-15-6-3-4-7-17(15)23-16/h3-4,6-7,9-10,12,18H,5,8,11,13H2,1-2H3. The number of fused-ring (bicyclic) bond motifs is 1. The van der Waals surface area contributed by atoms with E-state index in [0.717, 1.165) is 29.4 Å². The molecule has 3 aromatic rings. The summed E-state index contributed by atoms with van der Waals surface area (Å²) in [4.78, 5) is 31.5. The van der Waals surface area contributed by atoms with Gasteiger partial charge in [0.1, 0.15) is 17.4 Å². The summed E-state index contributed by atoms with van der Waals surface area (Å²) in [5, 5.41) is 1.04. The van der Waals surface area contributed by atoms with Crippen LogP contribution in [0.5, 0.6) is 0 Å². The van der Waals surface area contributed by atoms with Gasteiger partial charge in [0.25, 0.3) is 5.91 Å². The van der Waals surface area contributed by atoms with Gasteiger partial charge in [-0.3, -0.25) is 9.78 Å². The number of rotatable bonds is 4. The molecule has 1 amide bonds. The summed E-state index contributed by atoms with van der Waals surface area (Å²) >= 11 is 0. The fourth-order valence-electron chi connectivity index (χ4n) is 3.55. The van der Waals surface area contributed by atoms with Gasteiger partial charge in [-0.15, -0.1) is 0 Å². The molecular weight excluding hydrogens is 356 g/mol. The highest BCUT2D eigenvalue weighted by Crippen LogP contribution is 2.28. The number of hydrogen-bond acceptors (Lipinski definition) is 5. The van der Waals surface area contributed by atoms with Gasteiger partial charge in [0.2, 0.25) is 0 Å². The van der Waals surface area contributed by atoms with Crippen LogP contribution in [0.3, 0.4) is 0 Å². The van der Waals surface area contributed by atoms with E-state index in [9.17, 15) is 9.59 Å². The highest BCUT2D eigenvalue weighted by atomic mass is 16.5. The number of nitrogens with zero attached hydrogens (tertiary/aromatic N) is 2. The maximum absolute atomic E-state index is 12.9. The quantitative estimate of drug-likeness (QED) is 0.693. The molecule has 0 spiro atoms. The molecule has 0 bridgehead atoms. The van der Waals surface area contributed by atoms with Gasteiger partial charge in [0.15, 0.2) is 0 Å². The van der Waals surface area contributed by atoms with Crippen LogP contribution in [0.4, 0.5) is 0 Å². The van der Waals surface area contributed by atoms with Crippen molar-refractivity contribution in [3.8, 4) is 0 Å². The number of carbonyl (C=O) groups is 1. The maximum atomic E-state index is 12.9. The third-order valence-electron chi connectivity index (χ3n) is 5.03. The minimum Gasteiger partial charge on any atom is -0.424 e. The van der Waals surface area contributed by atoms with E-state index in [2.05, 4.69) is 4.98 Å². The Morgan fingerprint density at radius 3 is 2.82 bits per heavy atom. The third kappa shape index (κ3) is 3.55. The third-order valence-corrected chi connectivity index (χ3v) is 5.03. The fraction of sp³-hybridized carbons (Fsp3) is 0.318. The Labute approximate surface area is 162 Å². The summed E-state index contributed by atoms with van der Waals surface area (Å²) in [5.74, 6) is 0.121. The molecule has 1 aliphatic heterocycles. The van der Waals surface area contributed by atoms with E-state index in [1.807, 2.05) is 36.4 Å². The number of aromatic nitrogens is 1. The van der Waals surface area contributed by atoms with Gasteiger partial charge in [-0.1, -0.05) is 24.3 Å². The van der Waals surface area contributed by atoms with Crippen LogP contribution in [0.2, 0.25) is 0 Å². The minimum absolute atomic E-state index is 0.0602. The molecule has 6 nitrogen and oxygen atoms in total. The van der Waals surface area contributed by atoms with Crippen molar-refractivity contribution in [2.24, 2.45) is 0 Å². The molecule has 1 unspecified atom stereocenters. The Morgan fingerprint density at radius 2 is 2.07 bits per heavy atom. The molecule has 0 N–H and O–H groups in total. The van der Waals surface area contributed by atoms with Gasteiger partial charge < -0.3 is 14.1 Å². The molecule has 1 aliphatic rings. The first-order valence-corrected chi connectivity index (χ1v) is 9.39. The number of carbonyl (C=O) groups excluding carboxylic acids is 1. The molecule has 4 rings (SSSR count). The lowest BCUT2D eigenvalue weighted by Gasteiger charge is -2.18. The van der Waals surface area contributed by atoms with Gasteiger partial charge in [-0.25, -0.2) is 4.79 Å². The summed E-state index contributed by atoms with van der Waals surface area (Å²) < 4.78 is 11.0. The number of ether oxygens (including phenoxy) is 1. The number of amides is 1. The van der Waals surface area contributed by atoms with Crippen LogP contribution in [0.15, 0.2) is 51.7 Å². The zero-order valence-electron chi connectivity index (χ0n) is 16.0. The number of aryl methyl sites for hydroxylation is 1. The molecule has 0 aliphatic carbocycles. The second-order valence-corrected chi connectivity index (χ2v) is 7.15. The highest BCUT2D eigenvalue weighted by Gasteiger charge is 2.25. The first-order valence-electron chi connectivity index (χ1n) is 9.39. The Kier molecular flexibility index (Phi) is 4.96. The molecule has 6 heteroatoms. The van der Waals surface area contributed by atoms with Crippen molar-refractivity contribution in [2.45, 2.75) is 32.4 Å². The predicted octanol–water partition coefficient (Wildman–Crippen LogP) is 3.62. The molecule has 0 radical (unpaired) electrons. The summed E-state index contributed by atoms with van der Waals surface area (Å²) in [7, 11) is 1.66. The Balaban J connectivity index is 1.56. The van der Waals surface area contributed by atoms with Crippen LogP contribution in [0.1, 0.15) is 46.3 Å². The second kappa shape index (κ2) is 7.56. The van der Waals surface area contributed by atoms with Gasteiger partial charge in [0, 0.05) is 19.0 Å². The topological polar surface area (TPSA) is 72.6 Å². The van der Waals surface area contributed by atoms with Crippen molar-refractivity contribution in [1.82, 2.24) is 9.88 Å². The molecular formula is C22H22N2O4. The molecule has 2 aromatic heterocycles. The Bertz CT molecular complexity index is 1080. The maximum Gasteiger partial charge on any atom is 0.349 e. The van der Waals surface area contributed by atoms with Crippen LogP contribution >= 0.6 is 0 Å².